The van der Waals surface area contributed by atoms with E-state index in [9.17, 15) is 12.8 Å². The molecule has 21 heavy (non-hydrogen) atoms. The van der Waals surface area contributed by atoms with E-state index in [4.69, 9.17) is 0 Å². The van der Waals surface area contributed by atoms with Gasteiger partial charge in [-0.15, -0.1) is 0 Å². The van der Waals surface area contributed by atoms with Crippen LogP contribution in [0.2, 0.25) is 0 Å². The summed E-state index contributed by atoms with van der Waals surface area (Å²) in [6.07, 6.45) is 0. The van der Waals surface area contributed by atoms with Crippen LogP contribution in [0.25, 0.3) is 0 Å². The Morgan fingerprint density at radius 2 is 2.05 bits per heavy atom. The van der Waals surface area contributed by atoms with Crippen LogP contribution < -0.4 is 5.32 Å². The van der Waals surface area contributed by atoms with E-state index in [1.165, 1.54) is 23.5 Å². The van der Waals surface area contributed by atoms with Gasteiger partial charge in [0.05, 0.1) is 5.75 Å². The first-order valence-electron chi connectivity index (χ1n) is 7.09. The van der Waals surface area contributed by atoms with Crippen LogP contribution in [0.4, 0.5) is 4.39 Å². The molecule has 0 amide bonds. The Balaban J connectivity index is 1.88. The van der Waals surface area contributed by atoms with Crippen LogP contribution in [0.3, 0.4) is 0 Å². The van der Waals surface area contributed by atoms with E-state index in [2.05, 4.69) is 10.2 Å². The van der Waals surface area contributed by atoms with E-state index >= 15 is 0 Å². The number of sulfonamides is 1. The molecule has 0 atom stereocenters. The predicted octanol–water partition coefficient (Wildman–Crippen LogP) is 0.492. The number of halogens is 1. The normalized spacial score (nSPS) is 17.3. The fourth-order valence-corrected chi connectivity index (χ4v) is 3.47. The number of benzene rings is 1. The summed E-state index contributed by atoms with van der Waals surface area (Å²) in [5.74, 6) is -0.252. The molecule has 1 fully saturated rings. The number of nitrogens with one attached hydrogen (secondary N) is 1. The summed E-state index contributed by atoms with van der Waals surface area (Å²) in [7, 11) is -1.78. The second-order valence-electron chi connectivity index (χ2n) is 5.29. The van der Waals surface area contributed by atoms with Crippen molar-refractivity contribution in [2.24, 2.45) is 0 Å². The minimum Gasteiger partial charge on any atom is -0.314 e. The van der Waals surface area contributed by atoms with Gasteiger partial charge in [-0.1, -0.05) is 12.1 Å². The first-order valence-corrected chi connectivity index (χ1v) is 8.70. The zero-order valence-corrected chi connectivity index (χ0v) is 13.1. The first kappa shape index (κ1) is 16.4. The molecule has 7 heteroatoms. The monoisotopic (exact) mass is 315 g/mol. The lowest BCUT2D eigenvalue weighted by atomic mass is 10.2. The van der Waals surface area contributed by atoms with E-state index < -0.39 is 10.0 Å². The van der Waals surface area contributed by atoms with Crippen molar-refractivity contribution in [2.75, 3.05) is 45.5 Å². The highest BCUT2D eigenvalue weighted by Gasteiger charge is 2.20. The molecule has 1 N–H and O–H groups in total. The Kier molecular flexibility index (Phi) is 5.69. The molecule has 0 bridgehead atoms. The maximum Gasteiger partial charge on any atom is 0.215 e. The zero-order chi connectivity index (χ0) is 15.3. The standard InChI is InChI=1S/C14H22FN3O2S/c1-17(12-13-3-2-4-14(15)11-13)21(19,20)10-9-18-7-5-16-6-8-18/h2-4,11,16H,5-10,12H2,1H3. The van der Waals surface area contributed by atoms with Crippen LogP contribution in [0.5, 0.6) is 0 Å². The van der Waals surface area contributed by atoms with E-state index in [0.29, 0.717) is 12.1 Å². The van der Waals surface area contributed by atoms with E-state index in [1.54, 1.807) is 12.1 Å². The van der Waals surface area contributed by atoms with Gasteiger partial charge < -0.3 is 5.32 Å². The molecule has 1 heterocycles. The minimum atomic E-state index is -3.32. The van der Waals surface area contributed by atoms with Crippen molar-refractivity contribution in [2.45, 2.75) is 6.54 Å². The molecule has 1 aromatic rings. The molecule has 0 saturated carbocycles. The van der Waals surface area contributed by atoms with Crippen LogP contribution in [0.1, 0.15) is 5.56 Å². The van der Waals surface area contributed by atoms with Gasteiger partial charge in [-0.3, -0.25) is 4.90 Å². The highest BCUT2D eigenvalue weighted by atomic mass is 32.2. The lowest BCUT2D eigenvalue weighted by molar-refractivity contribution is 0.252. The van der Waals surface area contributed by atoms with Crippen LogP contribution in [-0.2, 0) is 16.6 Å². The lowest BCUT2D eigenvalue weighted by Gasteiger charge is -2.27. The highest BCUT2D eigenvalue weighted by molar-refractivity contribution is 7.89. The third kappa shape index (κ3) is 5.03. The summed E-state index contributed by atoms with van der Waals surface area (Å²) >= 11 is 0. The average Bonchev–Trinajstić information content (AvgIpc) is 2.46. The Labute approximate surface area is 125 Å². The van der Waals surface area contributed by atoms with E-state index in [1.807, 2.05) is 0 Å². The Morgan fingerprint density at radius 1 is 1.33 bits per heavy atom. The van der Waals surface area contributed by atoms with Gasteiger partial charge >= 0.3 is 0 Å². The molecule has 0 aliphatic carbocycles. The van der Waals surface area contributed by atoms with Gasteiger partial charge in [0.25, 0.3) is 0 Å². The van der Waals surface area contributed by atoms with Crippen LogP contribution in [0, 0.1) is 5.82 Å². The maximum atomic E-state index is 13.1. The molecule has 1 aliphatic rings. The molecule has 1 aromatic carbocycles. The van der Waals surface area contributed by atoms with Crippen LogP contribution in [-0.4, -0.2) is 63.1 Å². The maximum absolute atomic E-state index is 13.1. The fourth-order valence-electron chi connectivity index (χ4n) is 2.33. The van der Waals surface area contributed by atoms with E-state index in [0.717, 1.165) is 26.2 Å². The van der Waals surface area contributed by atoms with Crippen LogP contribution in [0.15, 0.2) is 24.3 Å². The topological polar surface area (TPSA) is 52.7 Å². The van der Waals surface area contributed by atoms with Gasteiger partial charge in [0, 0.05) is 46.3 Å². The summed E-state index contributed by atoms with van der Waals surface area (Å²) in [6, 6.07) is 6.03. The second kappa shape index (κ2) is 7.31. The molecule has 0 unspecified atom stereocenters. The van der Waals surface area contributed by atoms with Crippen molar-refractivity contribution in [1.82, 2.24) is 14.5 Å². The largest absolute Gasteiger partial charge is 0.314 e. The Morgan fingerprint density at radius 3 is 2.71 bits per heavy atom. The molecular weight excluding hydrogens is 293 g/mol. The molecule has 0 spiro atoms. The van der Waals surface area contributed by atoms with Crippen molar-refractivity contribution in [3.05, 3.63) is 35.6 Å². The summed E-state index contributed by atoms with van der Waals surface area (Å²) in [5, 5.41) is 3.24. The molecule has 0 radical (unpaired) electrons. The predicted molar refractivity (Wildman–Crippen MR) is 81.0 cm³/mol. The summed E-state index contributed by atoms with van der Waals surface area (Å²) < 4.78 is 38.9. The van der Waals surface area contributed by atoms with Crippen LogP contribution >= 0.6 is 0 Å². The van der Waals surface area contributed by atoms with E-state index in [-0.39, 0.29) is 18.1 Å². The Hall–Kier alpha value is -1.02. The van der Waals surface area contributed by atoms with Crippen molar-refractivity contribution < 1.29 is 12.8 Å². The Bertz CT molecular complexity index is 559. The number of hydrogen-bond acceptors (Lipinski definition) is 4. The number of nitrogens with zero attached hydrogens (tertiary/aromatic N) is 2. The minimum absolute atomic E-state index is 0.0960. The van der Waals surface area contributed by atoms with Gasteiger partial charge in [-0.25, -0.2) is 17.1 Å². The first-order chi connectivity index (χ1) is 9.97. The van der Waals surface area contributed by atoms with Gasteiger partial charge in [0.15, 0.2) is 0 Å². The molecule has 2 rings (SSSR count). The average molecular weight is 315 g/mol. The molecule has 118 valence electrons. The lowest BCUT2D eigenvalue weighted by Crippen LogP contribution is -2.46. The van der Waals surface area contributed by atoms with Crippen molar-refractivity contribution in [3.8, 4) is 0 Å². The molecular formula is C14H22FN3O2S. The summed E-state index contributed by atoms with van der Waals surface area (Å²) in [4.78, 5) is 2.14. The fraction of sp³-hybridized carbons (Fsp3) is 0.571. The van der Waals surface area contributed by atoms with Gasteiger partial charge in [0.2, 0.25) is 10.0 Å². The number of rotatable bonds is 6. The van der Waals surface area contributed by atoms with Gasteiger partial charge in [0.1, 0.15) is 5.82 Å². The number of piperazine rings is 1. The quantitative estimate of drug-likeness (QED) is 0.830. The third-order valence-electron chi connectivity index (χ3n) is 3.64. The number of hydrogen-bond donors (Lipinski definition) is 1. The van der Waals surface area contributed by atoms with Gasteiger partial charge in [-0.2, -0.15) is 0 Å². The summed E-state index contributed by atoms with van der Waals surface area (Å²) in [5.41, 5.74) is 0.656. The molecule has 0 aromatic heterocycles. The molecule has 5 nitrogen and oxygen atoms in total. The van der Waals surface area contributed by atoms with Crippen molar-refractivity contribution in [1.29, 1.82) is 0 Å². The SMILES string of the molecule is CN(Cc1cccc(F)c1)S(=O)(=O)CCN1CCNCC1. The molecule has 1 saturated heterocycles. The summed E-state index contributed by atoms with van der Waals surface area (Å²) in [6.45, 7) is 4.30. The van der Waals surface area contributed by atoms with Crippen molar-refractivity contribution in [3.63, 3.8) is 0 Å². The zero-order valence-electron chi connectivity index (χ0n) is 12.3. The smallest absolute Gasteiger partial charge is 0.215 e. The molecule has 1 aliphatic heterocycles. The third-order valence-corrected chi connectivity index (χ3v) is 5.42. The van der Waals surface area contributed by atoms with Crippen molar-refractivity contribution >= 4 is 10.0 Å². The second-order valence-corrected chi connectivity index (χ2v) is 7.49. The van der Waals surface area contributed by atoms with Gasteiger partial charge in [-0.05, 0) is 17.7 Å². The highest BCUT2D eigenvalue weighted by Crippen LogP contribution is 2.10.